The lowest BCUT2D eigenvalue weighted by molar-refractivity contribution is 0.0445. The van der Waals surface area contributed by atoms with Gasteiger partial charge in [-0.15, -0.1) is 0 Å². The number of benzene rings is 2. The van der Waals surface area contributed by atoms with Crippen LogP contribution >= 0.6 is 0 Å². The third kappa shape index (κ3) is 3.91. The molecule has 146 valence electrons. The van der Waals surface area contributed by atoms with Crippen molar-refractivity contribution in [2.24, 2.45) is 0 Å². The van der Waals surface area contributed by atoms with Gasteiger partial charge in [-0.25, -0.2) is 13.2 Å². The lowest BCUT2D eigenvalue weighted by atomic mass is 10.1. The number of hydrogen-bond acceptors (Lipinski definition) is 6. The fraction of sp³-hybridized carbons (Fsp3) is 0.200. The van der Waals surface area contributed by atoms with Crippen molar-refractivity contribution in [2.45, 2.75) is 6.92 Å². The Morgan fingerprint density at radius 1 is 1.07 bits per heavy atom. The quantitative estimate of drug-likeness (QED) is 0.465. The summed E-state index contributed by atoms with van der Waals surface area (Å²) in [6.07, 6.45) is 1.09. The molecule has 0 unspecified atom stereocenters. The monoisotopic (exact) mass is 401 g/mol. The number of furan rings is 1. The van der Waals surface area contributed by atoms with Crippen LogP contribution in [0.4, 0.5) is 5.69 Å². The normalized spacial score (nSPS) is 11.4. The maximum Gasteiger partial charge on any atom is 0.375 e. The van der Waals surface area contributed by atoms with Crippen molar-refractivity contribution in [1.29, 1.82) is 0 Å². The highest BCUT2D eigenvalue weighted by Gasteiger charge is 2.20. The Kier molecular flexibility index (Phi) is 5.24. The molecule has 0 radical (unpaired) electrons. The Labute approximate surface area is 162 Å². The van der Waals surface area contributed by atoms with E-state index in [4.69, 9.17) is 9.15 Å². The van der Waals surface area contributed by atoms with Crippen molar-refractivity contribution < 1.29 is 27.2 Å². The molecule has 0 amide bonds. The van der Waals surface area contributed by atoms with Crippen LogP contribution in [0.15, 0.2) is 52.9 Å². The molecule has 0 atom stereocenters. The minimum atomic E-state index is -3.39. The largest absolute Gasteiger partial charge is 0.451 e. The average Bonchev–Trinajstić information content (AvgIpc) is 3.01. The molecule has 0 spiro atoms. The van der Waals surface area contributed by atoms with Gasteiger partial charge >= 0.3 is 5.97 Å². The van der Waals surface area contributed by atoms with Crippen molar-refractivity contribution in [3.63, 3.8) is 0 Å². The van der Waals surface area contributed by atoms with E-state index >= 15 is 0 Å². The van der Waals surface area contributed by atoms with Gasteiger partial charge in [0.15, 0.2) is 12.4 Å². The molecule has 0 aliphatic rings. The van der Waals surface area contributed by atoms with Gasteiger partial charge in [-0.3, -0.25) is 9.10 Å². The first kappa shape index (κ1) is 19.6. The first-order valence-corrected chi connectivity index (χ1v) is 10.3. The van der Waals surface area contributed by atoms with E-state index in [1.165, 1.54) is 31.3 Å². The molecule has 7 nitrogen and oxygen atoms in total. The summed E-state index contributed by atoms with van der Waals surface area (Å²) in [4.78, 5) is 24.6. The SMILES string of the molecule is Cc1c(C(=O)OCC(=O)c2ccc(N(C)S(C)(=O)=O)cc2)oc2ccccc12. The third-order valence-corrected chi connectivity index (χ3v) is 5.62. The molecule has 2 aromatic carbocycles. The number of rotatable bonds is 6. The van der Waals surface area contributed by atoms with Crippen LogP contribution in [0.2, 0.25) is 0 Å². The zero-order valence-electron chi connectivity index (χ0n) is 15.6. The van der Waals surface area contributed by atoms with Crippen LogP contribution in [-0.2, 0) is 14.8 Å². The average molecular weight is 401 g/mol. The first-order chi connectivity index (χ1) is 13.2. The number of sulfonamides is 1. The molecule has 28 heavy (non-hydrogen) atoms. The maximum atomic E-state index is 12.3. The molecule has 0 aliphatic carbocycles. The van der Waals surface area contributed by atoms with E-state index in [9.17, 15) is 18.0 Å². The minimum absolute atomic E-state index is 0.0686. The second kappa shape index (κ2) is 7.47. The van der Waals surface area contributed by atoms with Gasteiger partial charge < -0.3 is 9.15 Å². The van der Waals surface area contributed by atoms with E-state index < -0.39 is 28.4 Å². The molecule has 0 saturated heterocycles. The molecule has 1 heterocycles. The van der Waals surface area contributed by atoms with Gasteiger partial charge in [-0.2, -0.15) is 0 Å². The van der Waals surface area contributed by atoms with Crippen LogP contribution in [0, 0.1) is 6.92 Å². The van der Waals surface area contributed by atoms with Gasteiger partial charge in [-0.1, -0.05) is 18.2 Å². The highest BCUT2D eigenvalue weighted by Crippen LogP contribution is 2.25. The number of para-hydroxylation sites is 1. The molecule has 0 N–H and O–H groups in total. The van der Waals surface area contributed by atoms with Crippen LogP contribution in [0.1, 0.15) is 26.5 Å². The fourth-order valence-corrected chi connectivity index (χ4v) is 3.20. The van der Waals surface area contributed by atoms with Gasteiger partial charge in [-0.05, 0) is 37.3 Å². The lowest BCUT2D eigenvalue weighted by Crippen LogP contribution is -2.24. The van der Waals surface area contributed by atoms with Crippen molar-refractivity contribution >= 4 is 38.4 Å². The van der Waals surface area contributed by atoms with E-state index in [0.29, 0.717) is 22.4 Å². The molecule has 8 heteroatoms. The summed E-state index contributed by atoms with van der Waals surface area (Å²) in [6.45, 7) is 1.30. The van der Waals surface area contributed by atoms with Crippen LogP contribution in [0.5, 0.6) is 0 Å². The highest BCUT2D eigenvalue weighted by molar-refractivity contribution is 7.92. The number of carbonyl (C=O) groups excluding carboxylic acids is 2. The van der Waals surface area contributed by atoms with E-state index in [1.807, 2.05) is 12.1 Å². The number of anilines is 1. The zero-order chi connectivity index (χ0) is 20.5. The number of ketones is 1. The fourth-order valence-electron chi connectivity index (χ4n) is 2.70. The molecule has 0 aliphatic heterocycles. The van der Waals surface area contributed by atoms with E-state index in [2.05, 4.69) is 0 Å². The number of ether oxygens (including phenoxy) is 1. The molecule has 3 aromatic rings. The predicted octanol–water partition coefficient (Wildman–Crippen LogP) is 3.18. The summed E-state index contributed by atoms with van der Waals surface area (Å²) < 4.78 is 34.8. The van der Waals surface area contributed by atoms with Crippen molar-refractivity contribution in [3.05, 3.63) is 65.4 Å². The summed E-state index contributed by atoms with van der Waals surface area (Å²) in [5.74, 6) is -1.05. The van der Waals surface area contributed by atoms with E-state index in [0.717, 1.165) is 15.9 Å². The Morgan fingerprint density at radius 3 is 2.32 bits per heavy atom. The van der Waals surface area contributed by atoms with E-state index in [1.54, 1.807) is 19.1 Å². The van der Waals surface area contributed by atoms with Gasteiger partial charge in [0.05, 0.1) is 11.9 Å². The van der Waals surface area contributed by atoms with Gasteiger partial charge in [0.1, 0.15) is 5.58 Å². The molecular weight excluding hydrogens is 382 g/mol. The van der Waals surface area contributed by atoms with E-state index in [-0.39, 0.29) is 5.76 Å². The first-order valence-electron chi connectivity index (χ1n) is 8.41. The Morgan fingerprint density at radius 2 is 1.71 bits per heavy atom. The van der Waals surface area contributed by atoms with Crippen LogP contribution in [0.3, 0.4) is 0 Å². The Bertz CT molecular complexity index is 1150. The summed E-state index contributed by atoms with van der Waals surface area (Å²) in [5.41, 5.74) is 1.96. The summed E-state index contributed by atoms with van der Waals surface area (Å²) in [7, 11) is -1.97. The molecule has 1 aromatic heterocycles. The standard InChI is InChI=1S/C20H19NO6S/c1-13-16-6-4-5-7-18(16)27-19(13)20(23)26-12-17(22)14-8-10-15(11-9-14)21(2)28(3,24)25/h4-11H,12H2,1-3H3. The van der Waals surface area contributed by atoms with Crippen LogP contribution in [0.25, 0.3) is 11.0 Å². The second-order valence-electron chi connectivity index (χ2n) is 6.33. The molecular formula is C20H19NO6S. The van der Waals surface area contributed by atoms with Crippen molar-refractivity contribution in [2.75, 3.05) is 24.2 Å². The predicted molar refractivity (Wildman–Crippen MR) is 105 cm³/mol. The number of hydrogen-bond donors (Lipinski definition) is 0. The second-order valence-corrected chi connectivity index (χ2v) is 8.34. The number of Topliss-reactive ketones (excluding diaryl/α,β-unsaturated/α-hetero) is 1. The number of fused-ring (bicyclic) bond motifs is 1. The number of aryl methyl sites for hydroxylation is 1. The maximum absolute atomic E-state index is 12.3. The molecule has 3 rings (SSSR count). The minimum Gasteiger partial charge on any atom is -0.451 e. The van der Waals surface area contributed by atoms with Gasteiger partial charge in [0.25, 0.3) is 0 Å². The Balaban J connectivity index is 1.68. The summed E-state index contributed by atoms with van der Waals surface area (Å²) in [6, 6.07) is 13.2. The van der Waals surface area contributed by atoms with Crippen LogP contribution < -0.4 is 4.31 Å². The highest BCUT2D eigenvalue weighted by atomic mass is 32.2. The summed E-state index contributed by atoms with van der Waals surface area (Å²) in [5, 5.41) is 0.811. The van der Waals surface area contributed by atoms with Crippen molar-refractivity contribution in [1.82, 2.24) is 0 Å². The molecule has 0 fully saturated rings. The van der Waals surface area contributed by atoms with Crippen molar-refractivity contribution in [3.8, 4) is 0 Å². The lowest BCUT2D eigenvalue weighted by Gasteiger charge is -2.16. The summed E-state index contributed by atoms with van der Waals surface area (Å²) >= 11 is 0. The zero-order valence-corrected chi connectivity index (χ0v) is 16.4. The smallest absolute Gasteiger partial charge is 0.375 e. The topological polar surface area (TPSA) is 93.9 Å². The molecule has 0 bridgehead atoms. The van der Waals surface area contributed by atoms with Gasteiger partial charge in [0, 0.05) is 23.6 Å². The molecule has 0 saturated carbocycles. The number of carbonyl (C=O) groups is 2. The Hall–Kier alpha value is -3.13. The third-order valence-electron chi connectivity index (χ3n) is 4.41. The number of esters is 1. The number of nitrogens with zero attached hydrogens (tertiary/aromatic N) is 1. The van der Waals surface area contributed by atoms with Gasteiger partial charge in [0.2, 0.25) is 15.8 Å². The van der Waals surface area contributed by atoms with Crippen LogP contribution in [-0.4, -0.2) is 40.1 Å².